The van der Waals surface area contributed by atoms with Crippen LogP contribution in [0, 0.1) is 6.92 Å². The van der Waals surface area contributed by atoms with Crippen LogP contribution in [0.25, 0.3) is 11.0 Å². The second-order valence-electron chi connectivity index (χ2n) is 6.34. The van der Waals surface area contributed by atoms with Crippen molar-refractivity contribution in [2.24, 2.45) is 0 Å². The van der Waals surface area contributed by atoms with Crippen molar-refractivity contribution in [1.82, 2.24) is 4.90 Å². The molecule has 130 valence electrons. The van der Waals surface area contributed by atoms with Crippen molar-refractivity contribution >= 4 is 22.6 Å². The maximum Gasteiger partial charge on any atom is 0.238 e. The second-order valence-corrected chi connectivity index (χ2v) is 6.34. The van der Waals surface area contributed by atoms with Gasteiger partial charge in [0.15, 0.2) is 0 Å². The minimum absolute atomic E-state index is 0.0198. The standard InChI is InChI=1S/C21H24N2O2/c1-4-23(14-21(24)22-18-11-9-15(2)10-12-18)16(3)20-13-17-7-5-6-8-19(17)25-20/h5-13,16H,4,14H2,1-3H3,(H,22,24). The number of carbonyl (C=O) groups excluding carboxylic acids is 1. The van der Waals surface area contributed by atoms with Crippen LogP contribution in [-0.4, -0.2) is 23.9 Å². The van der Waals surface area contributed by atoms with E-state index >= 15 is 0 Å². The molecule has 25 heavy (non-hydrogen) atoms. The highest BCUT2D eigenvalue weighted by molar-refractivity contribution is 5.92. The predicted octanol–water partition coefficient (Wildman–Crippen LogP) is 4.76. The molecule has 0 aliphatic rings. The van der Waals surface area contributed by atoms with E-state index in [1.54, 1.807) is 0 Å². The summed E-state index contributed by atoms with van der Waals surface area (Å²) in [4.78, 5) is 14.5. The summed E-state index contributed by atoms with van der Waals surface area (Å²) >= 11 is 0. The Bertz CT molecular complexity index is 819. The van der Waals surface area contributed by atoms with Crippen molar-refractivity contribution in [3.8, 4) is 0 Å². The van der Waals surface area contributed by atoms with Gasteiger partial charge in [0.2, 0.25) is 5.91 Å². The van der Waals surface area contributed by atoms with Crippen molar-refractivity contribution in [3.05, 3.63) is 65.9 Å². The highest BCUT2D eigenvalue weighted by Crippen LogP contribution is 2.27. The first kappa shape index (κ1) is 17.2. The Labute approximate surface area is 148 Å². The van der Waals surface area contributed by atoms with E-state index in [-0.39, 0.29) is 11.9 Å². The molecule has 4 heteroatoms. The number of nitrogens with one attached hydrogen (secondary N) is 1. The van der Waals surface area contributed by atoms with E-state index in [0.717, 1.165) is 29.0 Å². The number of hydrogen-bond donors (Lipinski definition) is 1. The molecule has 4 nitrogen and oxygen atoms in total. The molecular formula is C21H24N2O2. The van der Waals surface area contributed by atoms with E-state index in [9.17, 15) is 4.79 Å². The van der Waals surface area contributed by atoms with Crippen molar-refractivity contribution in [2.75, 3.05) is 18.4 Å². The van der Waals surface area contributed by atoms with Crippen LogP contribution in [0.2, 0.25) is 0 Å². The lowest BCUT2D eigenvalue weighted by Crippen LogP contribution is -2.35. The molecule has 3 aromatic rings. The van der Waals surface area contributed by atoms with E-state index in [4.69, 9.17) is 4.42 Å². The number of furan rings is 1. The first-order valence-corrected chi connectivity index (χ1v) is 8.66. The number of aryl methyl sites for hydroxylation is 1. The van der Waals surface area contributed by atoms with Crippen molar-refractivity contribution < 1.29 is 9.21 Å². The van der Waals surface area contributed by atoms with Gasteiger partial charge in [0.05, 0.1) is 12.6 Å². The normalized spacial score (nSPS) is 12.5. The molecule has 1 N–H and O–H groups in total. The Morgan fingerprint density at radius 1 is 1.16 bits per heavy atom. The van der Waals surface area contributed by atoms with E-state index in [1.807, 2.05) is 55.5 Å². The van der Waals surface area contributed by atoms with E-state index in [0.29, 0.717) is 6.54 Å². The van der Waals surface area contributed by atoms with Crippen LogP contribution < -0.4 is 5.32 Å². The maximum absolute atomic E-state index is 12.4. The van der Waals surface area contributed by atoms with Crippen LogP contribution in [0.5, 0.6) is 0 Å². The molecule has 1 heterocycles. The number of hydrogen-bond acceptors (Lipinski definition) is 3. The van der Waals surface area contributed by atoms with Gasteiger partial charge in [0, 0.05) is 11.1 Å². The SMILES string of the molecule is CCN(CC(=O)Nc1ccc(C)cc1)C(C)c1cc2ccccc2o1. The number of rotatable bonds is 6. The fourth-order valence-electron chi connectivity index (χ4n) is 2.93. The topological polar surface area (TPSA) is 45.5 Å². The van der Waals surface area contributed by atoms with Crippen LogP contribution in [-0.2, 0) is 4.79 Å². The molecular weight excluding hydrogens is 312 g/mol. The first-order chi connectivity index (χ1) is 12.1. The summed E-state index contributed by atoms with van der Waals surface area (Å²) in [7, 11) is 0. The van der Waals surface area contributed by atoms with Gasteiger partial charge < -0.3 is 9.73 Å². The van der Waals surface area contributed by atoms with Gasteiger partial charge in [-0.25, -0.2) is 0 Å². The highest BCUT2D eigenvalue weighted by Gasteiger charge is 2.20. The summed E-state index contributed by atoms with van der Waals surface area (Å²) in [6.45, 7) is 7.24. The van der Waals surface area contributed by atoms with E-state index < -0.39 is 0 Å². The van der Waals surface area contributed by atoms with Crippen LogP contribution in [0.1, 0.15) is 31.2 Å². The van der Waals surface area contributed by atoms with Gasteiger partial charge in [-0.15, -0.1) is 0 Å². The minimum atomic E-state index is -0.0198. The zero-order chi connectivity index (χ0) is 17.8. The molecule has 0 aliphatic heterocycles. The van der Waals surface area contributed by atoms with Gasteiger partial charge in [0.25, 0.3) is 0 Å². The lowest BCUT2D eigenvalue weighted by Gasteiger charge is -2.25. The molecule has 0 saturated heterocycles. The Balaban J connectivity index is 1.68. The zero-order valence-electron chi connectivity index (χ0n) is 15.0. The third-order valence-electron chi connectivity index (χ3n) is 4.49. The molecule has 0 bridgehead atoms. The molecule has 1 amide bonds. The van der Waals surface area contributed by atoms with Crippen LogP contribution in [0.3, 0.4) is 0 Å². The molecule has 1 atom stereocenters. The summed E-state index contributed by atoms with van der Waals surface area (Å²) in [5.41, 5.74) is 2.87. The van der Waals surface area contributed by atoms with E-state index in [2.05, 4.69) is 30.1 Å². The predicted molar refractivity (Wildman–Crippen MR) is 102 cm³/mol. The summed E-state index contributed by atoms with van der Waals surface area (Å²) in [5.74, 6) is 0.861. The summed E-state index contributed by atoms with van der Waals surface area (Å²) < 4.78 is 5.95. The molecule has 0 fully saturated rings. The van der Waals surface area contributed by atoms with Crippen molar-refractivity contribution in [3.63, 3.8) is 0 Å². The number of carbonyl (C=O) groups is 1. The van der Waals surface area contributed by atoms with Gasteiger partial charge in [-0.05, 0) is 44.7 Å². The average Bonchev–Trinajstić information content (AvgIpc) is 3.05. The average molecular weight is 336 g/mol. The number of anilines is 1. The Hall–Kier alpha value is -2.59. The van der Waals surface area contributed by atoms with Gasteiger partial charge in [-0.1, -0.05) is 42.8 Å². The smallest absolute Gasteiger partial charge is 0.238 e. The number of benzene rings is 2. The van der Waals surface area contributed by atoms with Crippen molar-refractivity contribution in [2.45, 2.75) is 26.8 Å². The molecule has 0 saturated carbocycles. The monoisotopic (exact) mass is 336 g/mol. The third kappa shape index (κ3) is 4.09. The lowest BCUT2D eigenvalue weighted by atomic mass is 10.2. The number of likely N-dealkylation sites (N-methyl/N-ethyl adjacent to an activating group) is 1. The molecule has 0 radical (unpaired) electrons. The Morgan fingerprint density at radius 3 is 2.56 bits per heavy atom. The molecule has 2 aromatic carbocycles. The van der Waals surface area contributed by atoms with Gasteiger partial charge in [0.1, 0.15) is 11.3 Å². The van der Waals surface area contributed by atoms with Gasteiger partial charge >= 0.3 is 0 Å². The first-order valence-electron chi connectivity index (χ1n) is 8.66. The van der Waals surface area contributed by atoms with Crippen LogP contribution >= 0.6 is 0 Å². The Morgan fingerprint density at radius 2 is 1.88 bits per heavy atom. The van der Waals surface area contributed by atoms with Gasteiger partial charge in [-0.2, -0.15) is 0 Å². The summed E-state index contributed by atoms with van der Waals surface area (Å²) in [6.07, 6.45) is 0. The molecule has 0 aliphatic carbocycles. The molecule has 1 unspecified atom stereocenters. The zero-order valence-corrected chi connectivity index (χ0v) is 15.0. The largest absolute Gasteiger partial charge is 0.459 e. The molecule has 1 aromatic heterocycles. The quantitative estimate of drug-likeness (QED) is 0.706. The Kier molecular flexibility index (Phi) is 5.19. The molecule has 0 spiro atoms. The summed E-state index contributed by atoms with van der Waals surface area (Å²) in [5, 5.41) is 4.04. The fraction of sp³-hybridized carbons (Fsp3) is 0.286. The number of amides is 1. The summed E-state index contributed by atoms with van der Waals surface area (Å²) in [6, 6.07) is 17.9. The van der Waals surface area contributed by atoms with Crippen molar-refractivity contribution in [1.29, 1.82) is 0 Å². The second kappa shape index (κ2) is 7.53. The lowest BCUT2D eigenvalue weighted by molar-refractivity contribution is -0.117. The minimum Gasteiger partial charge on any atom is -0.459 e. The number of nitrogens with zero attached hydrogens (tertiary/aromatic N) is 1. The maximum atomic E-state index is 12.4. The van der Waals surface area contributed by atoms with E-state index in [1.165, 1.54) is 5.56 Å². The highest BCUT2D eigenvalue weighted by atomic mass is 16.3. The third-order valence-corrected chi connectivity index (χ3v) is 4.49. The molecule has 3 rings (SSSR count). The number of fused-ring (bicyclic) bond motifs is 1. The van der Waals surface area contributed by atoms with Gasteiger partial charge in [-0.3, -0.25) is 9.69 Å². The van der Waals surface area contributed by atoms with Crippen LogP contribution in [0.4, 0.5) is 5.69 Å². The van der Waals surface area contributed by atoms with Crippen LogP contribution in [0.15, 0.2) is 59.0 Å². The number of para-hydroxylation sites is 1. The fourth-order valence-corrected chi connectivity index (χ4v) is 2.93.